The van der Waals surface area contributed by atoms with E-state index in [1.54, 1.807) is 12.1 Å². The number of primary amides is 1. The number of halogens is 1. The molecule has 9 heteroatoms. The number of benzene rings is 2. The number of nitrogens with zero attached hydrogens (tertiary/aromatic N) is 1. The number of aryl methyl sites for hydroxylation is 1. The van der Waals surface area contributed by atoms with Crippen LogP contribution in [-0.2, 0) is 32.6 Å². The Morgan fingerprint density at radius 1 is 1.12 bits per heavy atom. The van der Waals surface area contributed by atoms with Crippen molar-refractivity contribution in [1.82, 2.24) is 4.31 Å². The molecule has 1 atom stereocenters. The molecule has 0 fully saturated rings. The second-order valence-corrected chi connectivity index (χ2v) is 10.8. The van der Waals surface area contributed by atoms with Crippen molar-refractivity contribution in [2.24, 2.45) is 11.7 Å². The second kappa shape index (κ2) is 10.0. The molecule has 1 aliphatic heterocycles. The number of amides is 2. The molecule has 32 heavy (non-hydrogen) atoms. The summed E-state index contributed by atoms with van der Waals surface area (Å²) in [7, 11) is -4.03. The smallest absolute Gasteiger partial charge is 0.244 e. The summed E-state index contributed by atoms with van der Waals surface area (Å²) in [5.41, 5.74) is 8.06. The molecule has 3 rings (SSSR count). The van der Waals surface area contributed by atoms with E-state index in [4.69, 9.17) is 17.3 Å². The maximum atomic E-state index is 13.6. The number of hydrogen-bond acceptors (Lipinski definition) is 4. The molecule has 0 aliphatic carbocycles. The molecule has 7 nitrogen and oxygen atoms in total. The van der Waals surface area contributed by atoms with Crippen LogP contribution in [0.25, 0.3) is 0 Å². The molecule has 0 radical (unpaired) electrons. The molecule has 1 aliphatic rings. The van der Waals surface area contributed by atoms with Crippen LogP contribution in [0.15, 0.2) is 47.4 Å². The summed E-state index contributed by atoms with van der Waals surface area (Å²) in [6.45, 7) is 4.00. The third-order valence-electron chi connectivity index (χ3n) is 5.52. The van der Waals surface area contributed by atoms with E-state index in [-0.39, 0.29) is 23.3 Å². The lowest BCUT2D eigenvalue weighted by atomic mass is 9.99. The molecule has 2 aromatic carbocycles. The predicted octanol–water partition coefficient (Wildman–Crippen LogP) is 3.71. The average molecular weight is 478 g/mol. The van der Waals surface area contributed by atoms with Crippen LogP contribution >= 0.6 is 11.6 Å². The summed E-state index contributed by atoms with van der Waals surface area (Å²) in [5, 5.41) is 3.23. The molecular formula is C23H28ClN3O4S. The quantitative estimate of drug-likeness (QED) is 0.573. The van der Waals surface area contributed by atoms with Gasteiger partial charge in [-0.05, 0) is 66.6 Å². The van der Waals surface area contributed by atoms with Crippen LogP contribution in [0.3, 0.4) is 0 Å². The van der Waals surface area contributed by atoms with Crippen LogP contribution in [0.4, 0.5) is 5.69 Å². The standard InChI is InChI=1S/C23H28ClN3O4S/c1-15(2)3-11-21(23(25)29)27(32(30,31)19-8-6-18(24)7-9-19)14-16-4-10-20-17(13-16)5-12-22(28)26-20/h4,6-10,13,15,21H,3,5,11-12,14H2,1-2H3,(H2,25,29)(H,26,28)/t21-/m1/s1. The van der Waals surface area contributed by atoms with Crippen molar-refractivity contribution in [2.45, 2.75) is 57.0 Å². The molecule has 1 heterocycles. The first-order valence-corrected chi connectivity index (χ1v) is 12.4. The minimum atomic E-state index is -4.03. The van der Waals surface area contributed by atoms with Crippen LogP contribution < -0.4 is 11.1 Å². The van der Waals surface area contributed by atoms with Gasteiger partial charge < -0.3 is 11.1 Å². The molecule has 2 amide bonds. The van der Waals surface area contributed by atoms with Crippen LogP contribution in [0.5, 0.6) is 0 Å². The van der Waals surface area contributed by atoms with Crippen molar-refractivity contribution in [3.63, 3.8) is 0 Å². The number of nitrogens with two attached hydrogens (primary N) is 1. The largest absolute Gasteiger partial charge is 0.368 e. The fourth-order valence-corrected chi connectivity index (χ4v) is 5.48. The van der Waals surface area contributed by atoms with Crippen molar-refractivity contribution in [3.05, 3.63) is 58.6 Å². The number of carbonyl (C=O) groups is 2. The van der Waals surface area contributed by atoms with Crippen molar-refractivity contribution in [1.29, 1.82) is 0 Å². The summed E-state index contributed by atoms with van der Waals surface area (Å²) in [5.74, 6) is -0.447. The zero-order valence-corrected chi connectivity index (χ0v) is 19.7. The number of anilines is 1. The second-order valence-electron chi connectivity index (χ2n) is 8.43. The van der Waals surface area contributed by atoms with Crippen molar-refractivity contribution < 1.29 is 18.0 Å². The van der Waals surface area contributed by atoms with E-state index < -0.39 is 22.0 Å². The van der Waals surface area contributed by atoms with Gasteiger partial charge in [0.1, 0.15) is 6.04 Å². The molecule has 3 N–H and O–H groups in total. The van der Waals surface area contributed by atoms with Gasteiger partial charge in [0, 0.05) is 23.7 Å². The molecule has 2 aromatic rings. The normalized spacial score (nSPS) is 14.8. The van der Waals surface area contributed by atoms with Gasteiger partial charge in [-0.25, -0.2) is 8.42 Å². The van der Waals surface area contributed by atoms with Crippen LogP contribution in [-0.4, -0.2) is 30.6 Å². The number of fused-ring (bicyclic) bond motifs is 1. The molecule has 0 saturated heterocycles. The lowest BCUT2D eigenvalue weighted by molar-refractivity contribution is -0.122. The number of hydrogen-bond donors (Lipinski definition) is 2. The predicted molar refractivity (Wildman–Crippen MR) is 125 cm³/mol. The fourth-order valence-electron chi connectivity index (χ4n) is 3.74. The lowest BCUT2D eigenvalue weighted by Crippen LogP contribution is -2.47. The summed E-state index contributed by atoms with van der Waals surface area (Å²) >= 11 is 5.93. The van der Waals surface area contributed by atoms with Gasteiger partial charge in [-0.1, -0.05) is 37.6 Å². The zero-order chi connectivity index (χ0) is 23.5. The molecular weight excluding hydrogens is 450 g/mol. The number of nitrogens with one attached hydrogen (secondary N) is 1. The number of rotatable bonds is 9. The fraction of sp³-hybridized carbons (Fsp3) is 0.391. The summed E-state index contributed by atoms with van der Waals surface area (Å²) in [4.78, 5) is 24.1. The highest BCUT2D eigenvalue weighted by Crippen LogP contribution is 2.28. The zero-order valence-electron chi connectivity index (χ0n) is 18.2. The monoisotopic (exact) mass is 477 g/mol. The van der Waals surface area contributed by atoms with Crippen molar-refractivity contribution in [3.8, 4) is 0 Å². The van der Waals surface area contributed by atoms with E-state index in [9.17, 15) is 18.0 Å². The van der Waals surface area contributed by atoms with Crippen LogP contribution in [0.1, 0.15) is 44.2 Å². The van der Waals surface area contributed by atoms with Crippen molar-refractivity contribution in [2.75, 3.05) is 5.32 Å². The Bertz CT molecular complexity index is 1100. The third-order valence-corrected chi connectivity index (χ3v) is 7.64. The number of carbonyl (C=O) groups excluding carboxylic acids is 2. The van der Waals surface area contributed by atoms with E-state index in [0.717, 1.165) is 11.3 Å². The van der Waals surface area contributed by atoms with Gasteiger partial charge >= 0.3 is 0 Å². The molecule has 0 spiro atoms. The van der Waals surface area contributed by atoms with Gasteiger partial charge in [0.15, 0.2) is 0 Å². The highest BCUT2D eigenvalue weighted by atomic mass is 35.5. The van der Waals surface area contributed by atoms with E-state index in [1.807, 2.05) is 19.9 Å². The van der Waals surface area contributed by atoms with Gasteiger partial charge in [0.2, 0.25) is 21.8 Å². The van der Waals surface area contributed by atoms with Gasteiger partial charge in [0.05, 0.1) is 4.90 Å². The third kappa shape index (κ3) is 5.68. The van der Waals surface area contributed by atoms with E-state index in [1.165, 1.54) is 28.6 Å². The Balaban J connectivity index is 2.00. The first-order valence-electron chi connectivity index (χ1n) is 10.6. The first-order chi connectivity index (χ1) is 15.1. The topological polar surface area (TPSA) is 110 Å². The minimum absolute atomic E-state index is 0.0160. The Kier molecular flexibility index (Phi) is 7.59. The first kappa shape index (κ1) is 24.2. The average Bonchev–Trinajstić information content (AvgIpc) is 2.73. The number of sulfonamides is 1. The summed E-state index contributed by atoms with van der Waals surface area (Å²) < 4.78 is 28.4. The highest BCUT2D eigenvalue weighted by Gasteiger charge is 2.35. The van der Waals surface area contributed by atoms with Gasteiger partial charge in [-0.3, -0.25) is 9.59 Å². The Hall–Kier alpha value is -2.42. The molecule has 172 valence electrons. The van der Waals surface area contributed by atoms with Gasteiger partial charge in [-0.15, -0.1) is 0 Å². The molecule has 0 aromatic heterocycles. The van der Waals surface area contributed by atoms with Crippen molar-refractivity contribution >= 4 is 39.1 Å². The van der Waals surface area contributed by atoms with E-state index in [2.05, 4.69) is 5.32 Å². The molecule has 0 bridgehead atoms. The molecule has 0 unspecified atom stereocenters. The molecule has 0 saturated carbocycles. The Morgan fingerprint density at radius 2 is 1.81 bits per heavy atom. The summed E-state index contributed by atoms with van der Waals surface area (Å²) in [6.07, 6.45) is 1.92. The van der Waals surface area contributed by atoms with Gasteiger partial charge in [-0.2, -0.15) is 4.31 Å². The van der Waals surface area contributed by atoms with Crippen LogP contribution in [0.2, 0.25) is 5.02 Å². The lowest BCUT2D eigenvalue weighted by Gasteiger charge is -2.30. The van der Waals surface area contributed by atoms with Crippen LogP contribution in [0, 0.1) is 5.92 Å². The SMILES string of the molecule is CC(C)CC[C@H](C(N)=O)N(Cc1ccc2c(c1)CCC(=O)N2)S(=O)(=O)c1ccc(Cl)cc1. The maximum absolute atomic E-state index is 13.6. The van der Waals surface area contributed by atoms with Gasteiger partial charge in [0.25, 0.3) is 0 Å². The summed E-state index contributed by atoms with van der Waals surface area (Å²) in [6, 6.07) is 10.3. The Labute approximate surface area is 194 Å². The van der Waals surface area contributed by atoms with E-state index >= 15 is 0 Å². The Morgan fingerprint density at radius 3 is 2.44 bits per heavy atom. The minimum Gasteiger partial charge on any atom is -0.368 e. The highest BCUT2D eigenvalue weighted by molar-refractivity contribution is 7.89. The van der Waals surface area contributed by atoms with E-state index in [0.29, 0.717) is 36.3 Å². The maximum Gasteiger partial charge on any atom is 0.244 e.